The topological polar surface area (TPSA) is 121 Å². The van der Waals surface area contributed by atoms with Crippen LogP contribution in [-0.2, 0) is 37.2 Å². The maximum Gasteiger partial charge on any atom is 0.346 e. The number of rotatable bonds is 26. The molecule has 0 spiro atoms. The minimum atomic E-state index is -0.876. The van der Waals surface area contributed by atoms with Gasteiger partial charge in [0.1, 0.15) is 46.0 Å². The summed E-state index contributed by atoms with van der Waals surface area (Å²) in [6.45, 7) is 66.8. The highest BCUT2D eigenvalue weighted by molar-refractivity contribution is 6.46. The normalized spacial score (nSPS) is 14.0. The Balaban J connectivity index is 1.06. The summed E-state index contributed by atoms with van der Waals surface area (Å²) in [7, 11) is 0. The molecule has 11 heteroatoms. The fourth-order valence-corrected chi connectivity index (χ4v) is 21.1. The second-order valence-electron chi connectivity index (χ2n) is 44.3. The molecular weight excluding hydrogens is 1520 g/mol. The van der Waals surface area contributed by atoms with E-state index < -0.39 is 23.8 Å². The molecule has 0 aliphatic carbocycles. The first kappa shape index (κ1) is 88.0. The zero-order chi connectivity index (χ0) is 89.3. The Morgan fingerprint density at radius 2 is 0.512 bits per heavy atom. The van der Waals surface area contributed by atoms with Gasteiger partial charge in [0.2, 0.25) is 0 Å². The number of hydrogen-bond donors (Lipinski definition) is 0. The molecule has 123 heavy (non-hydrogen) atoms. The number of esters is 2. The van der Waals surface area contributed by atoms with Crippen molar-refractivity contribution in [2.24, 2.45) is 21.7 Å². The average molecular weight is 1640 g/mol. The van der Waals surface area contributed by atoms with Gasteiger partial charge in [-0.05, 0) is 261 Å². The smallest absolute Gasteiger partial charge is 0.346 e. The van der Waals surface area contributed by atoms with Crippen LogP contribution in [0.5, 0.6) is 46.0 Å². The number of ether oxygens (including phenoxy) is 5. The molecule has 0 fully saturated rings. The largest absolute Gasteiger partial charge is 0.457 e. The van der Waals surface area contributed by atoms with Crippen molar-refractivity contribution in [3.63, 3.8) is 0 Å². The van der Waals surface area contributed by atoms with Crippen LogP contribution in [0.3, 0.4) is 0 Å². The third-order valence-corrected chi connectivity index (χ3v) is 24.7. The van der Waals surface area contributed by atoms with E-state index in [0.29, 0.717) is 66.4 Å². The Morgan fingerprint density at radius 1 is 0.293 bits per heavy atom. The molecule has 0 saturated carbocycles. The first-order chi connectivity index (χ1) is 57.1. The Kier molecular flexibility index (Phi) is 22.5. The molecule has 0 atom stereocenters. The van der Waals surface area contributed by atoms with E-state index in [1.165, 1.54) is 16.0 Å². The number of carbonyl (C=O) groups excluding carboxylic acids is 4. The fourth-order valence-electron chi connectivity index (χ4n) is 21.1. The SMILES string of the molecule is C=C(C)CC(C)(C)c1ccc(Oc2cc3c4c(cc(Oc5ccc(C(C)(C)CC(C)(C)C)cc5)c5c6c(Oc7ccc(C(C)(C)CC(C)(C)C)cc7)cc7c8c(cc(Oc9ccc(C(C)(C)CC(C)(C)C)cc9)c(c2c45)c86)C(=O)OC7=O)C(=O)N(c2ccc(N(c4ccc(C(C)(C)CC(=C)C)cc4)c4ccc(C(C)(C)CC(C)(C)C)cc4)cc2)C3=O)cc1. The standard InChI is InChI=1S/C112H126N2O9/c1-67(2)61-107(17,18)69-29-41-75(42-30-69)113(76-43-31-71(32-44-76)109(21,22)63-103(5,6)7)77-45-47-78(48-46-77)114-99(115)83-57-87(119-79-49-33-70(34-50-79)108(19,20)62-68(3)4)93-95-89(121-81-53-37-73(38-54-81)111(25,26)65-105(11,12)13)59-85-92-86(102(118)123-101(85)117)60-90(122-82-55-39-74(40-56-82)112(27,28)66-106(14,15)16)96(98(92)95)94-88(58-84(100(114)116)91(83)97(93)94)120-80-51-35-72(36-52-80)110(23,24)64-104(8,9)10/h29-60H,1,3,61-66H2,2,4-28H3. The summed E-state index contributed by atoms with van der Waals surface area (Å²) in [4.78, 5) is 67.3. The Labute approximate surface area is 730 Å². The predicted octanol–water partition coefficient (Wildman–Crippen LogP) is 31.8. The van der Waals surface area contributed by atoms with Crippen LogP contribution in [0.2, 0.25) is 0 Å². The number of fused-ring (bicyclic) bond motifs is 2. The van der Waals surface area contributed by atoms with Crippen molar-refractivity contribution in [3.05, 3.63) is 274 Å². The number of benzene rings is 12. The lowest BCUT2D eigenvalue weighted by atomic mass is 9.72. The van der Waals surface area contributed by atoms with Crippen LogP contribution in [0.1, 0.15) is 293 Å². The highest BCUT2D eigenvalue weighted by Gasteiger charge is 2.43. The fraction of sp³-hybridized carbons (Fsp3) is 0.375. The summed E-state index contributed by atoms with van der Waals surface area (Å²) in [5.41, 5.74) is 11.2. The van der Waals surface area contributed by atoms with Gasteiger partial charge in [0, 0.05) is 60.2 Å². The molecule has 11 nitrogen and oxygen atoms in total. The first-order valence-corrected chi connectivity index (χ1v) is 43.7. The van der Waals surface area contributed by atoms with Crippen LogP contribution in [0.25, 0.3) is 43.1 Å². The van der Waals surface area contributed by atoms with Gasteiger partial charge >= 0.3 is 11.9 Å². The number of hydrogen-bond acceptors (Lipinski definition) is 10. The summed E-state index contributed by atoms with van der Waals surface area (Å²) in [6, 6.07) is 64.2. The third-order valence-electron chi connectivity index (χ3n) is 24.7. The van der Waals surface area contributed by atoms with Crippen molar-refractivity contribution in [2.45, 2.75) is 251 Å². The Bertz CT molecular complexity index is 6120. The van der Waals surface area contributed by atoms with Crippen molar-refractivity contribution >= 4 is 89.6 Å². The van der Waals surface area contributed by atoms with Crippen molar-refractivity contribution < 1.29 is 42.9 Å². The van der Waals surface area contributed by atoms with Crippen molar-refractivity contribution in [1.29, 1.82) is 0 Å². The van der Waals surface area contributed by atoms with Crippen LogP contribution >= 0.6 is 0 Å². The molecule has 2 aliphatic rings. The number of anilines is 4. The molecule has 0 saturated heterocycles. The van der Waals surface area contributed by atoms with Gasteiger partial charge < -0.3 is 28.6 Å². The summed E-state index contributed by atoms with van der Waals surface area (Å²) in [5, 5.41) is 2.98. The highest BCUT2D eigenvalue weighted by atomic mass is 16.6. The lowest BCUT2D eigenvalue weighted by Crippen LogP contribution is -2.40. The number of allylic oxidation sites excluding steroid dienone is 2. The van der Waals surface area contributed by atoms with Gasteiger partial charge in [0.05, 0.1) is 27.9 Å². The van der Waals surface area contributed by atoms with E-state index in [-0.39, 0.29) is 105 Å². The average Bonchev–Trinajstić information content (AvgIpc) is 0.671. The number of imide groups is 1. The second-order valence-corrected chi connectivity index (χ2v) is 44.3. The van der Waals surface area contributed by atoms with Gasteiger partial charge in [-0.1, -0.05) is 250 Å². The summed E-state index contributed by atoms with van der Waals surface area (Å²) in [5.74, 6) is -0.408. The molecule has 0 unspecified atom stereocenters. The van der Waals surface area contributed by atoms with Crippen molar-refractivity contribution in [3.8, 4) is 46.0 Å². The number of nitrogens with zero attached hydrogens (tertiary/aromatic N) is 2. The van der Waals surface area contributed by atoms with Gasteiger partial charge in [0.25, 0.3) is 11.8 Å². The summed E-state index contributed by atoms with van der Waals surface area (Å²) < 4.78 is 35.7. The van der Waals surface area contributed by atoms with Crippen molar-refractivity contribution in [2.75, 3.05) is 9.80 Å². The van der Waals surface area contributed by atoms with Gasteiger partial charge in [-0.15, -0.1) is 13.2 Å². The van der Waals surface area contributed by atoms with E-state index in [4.69, 9.17) is 23.7 Å². The van der Waals surface area contributed by atoms with Crippen LogP contribution in [0, 0.1) is 21.7 Å². The predicted molar refractivity (Wildman–Crippen MR) is 509 cm³/mol. The zero-order valence-electron chi connectivity index (χ0n) is 77.7. The van der Waals surface area contributed by atoms with Crippen LogP contribution in [0.4, 0.5) is 22.7 Å². The van der Waals surface area contributed by atoms with E-state index in [2.05, 4.69) is 288 Å². The number of carbonyl (C=O) groups is 4. The molecule has 12 aromatic carbocycles. The monoisotopic (exact) mass is 1640 g/mol. The van der Waals surface area contributed by atoms with E-state index in [9.17, 15) is 0 Å². The van der Waals surface area contributed by atoms with E-state index in [0.717, 1.165) is 89.0 Å². The molecule has 638 valence electrons. The number of amides is 2. The summed E-state index contributed by atoms with van der Waals surface area (Å²) in [6.07, 6.45) is 5.25. The maximum absolute atomic E-state index is 16.9. The minimum absolute atomic E-state index is 0.0100. The van der Waals surface area contributed by atoms with Gasteiger partial charge in [0.15, 0.2) is 0 Å². The summed E-state index contributed by atoms with van der Waals surface area (Å²) >= 11 is 0. The van der Waals surface area contributed by atoms with Gasteiger partial charge in [-0.25, -0.2) is 14.5 Å². The van der Waals surface area contributed by atoms with Gasteiger partial charge in [-0.2, -0.15) is 0 Å². The molecule has 2 heterocycles. The van der Waals surface area contributed by atoms with Gasteiger partial charge in [-0.3, -0.25) is 9.59 Å². The zero-order valence-corrected chi connectivity index (χ0v) is 77.7. The quantitative estimate of drug-likeness (QED) is 0.0129. The highest BCUT2D eigenvalue weighted by Crippen LogP contribution is 2.59. The number of cyclic esters (lactones) is 2. The van der Waals surface area contributed by atoms with Crippen LogP contribution in [0.15, 0.2) is 218 Å². The molecular formula is C112H126N2O9. The molecule has 0 radical (unpaired) electrons. The molecule has 14 rings (SSSR count). The van der Waals surface area contributed by atoms with Crippen LogP contribution < -0.4 is 28.7 Å². The third kappa shape index (κ3) is 18.1. The lowest BCUT2D eigenvalue weighted by molar-refractivity contribution is 0.0389. The molecule has 2 aliphatic heterocycles. The molecule has 0 N–H and O–H groups in total. The first-order valence-electron chi connectivity index (χ1n) is 43.7. The lowest BCUT2D eigenvalue weighted by Gasteiger charge is -2.34. The maximum atomic E-state index is 16.9. The Hall–Kier alpha value is -11.3. The van der Waals surface area contributed by atoms with E-state index >= 15 is 19.2 Å². The molecule has 12 aromatic rings. The molecule has 0 bridgehead atoms. The molecule has 2 amide bonds. The van der Waals surface area contributed by atoms with E-state index in [1.54, 1.807) is 24.3 Å². The van der Waals surface area contributed by atoms with Crippen molar-refractivity contribution in [1.82, 2.24) is 0 Å². The minimum Gasteiger partial charge on any atom is -0.457 e. The molecule has 0 aromatic heterocycles. The second kappa shape index (κ2) is 31.5. The Morgan fingerprint density at radius 3 is 0.756 bits per heavy atom. The van der Waals surface area contributed by atoms with E-state index in [1.807, 2.05) is 79.7 Å². The van der Waals surface area contributed by atoms with Crippen LogP contribution in [-0.4, -0.2) is 23.8 Å².